The quantitative estimate of drug-likeness (QED) is 0.665. The van der Waals surface area contributed by atoms with Crippen molar-refractivity contribution in [2.45, 2.75) is 57.5 Å². The molecule has 172 valence electrons. The van der Waals surface area contributed by atoms with Crippen molar-refractivity contribution in [3.05, 3.63) is 63.5 Å². The molecular formula is C25H30N6O2. The van der Waals surface area contributed by atoms with Gasteiger partial charge in [-0.3, -0.25) is 24.6 Å². The van der Waals surface area contributed by atoms with Gasteiger partial charge in [0.25, 0.3) is 5.56 Å². The third-order valence-corrected chi connectivity index (χ3v) is 7.64. The van der Waals surface area contributed by atoms with Gasteiger partial charge in [0.05, 0.1) is 11.3 Å². The van der Waals surface area contributed by atoms with Crippen LogP contribution in [0, 0.1) is 5.92 Å². The van der Waals surface area contributed by atoms with Crippen molar-refractivity contribution in [2.75, 3.05) is 19.6 Å². The number of amides is 1. The van der Waals surface area contributed by atoms with E-state index >= 15 is 0 Å². The van der Waals surface area contributed by atoms with Crippen molar-refractivity contribution in [1.82, 2.24) is 29.4 Å². The van der Waals surface area contributed by atoms with E-state index in [1.165, 1.54) is 12.0 Å². The Kier molecular flexibility index (Phi) is 5.25. The summed E-state index contributed by atoms with van der Waals surface area (Å²) in [5, 5.41) is 3.34. The SMILES string of the molecule is O=C(C1CCC1)N1CCC[C@@H](c2cc3nc4c(c(=O)n3[nH]2)CN(Cc2ccncc2)CC4)C1. The van der Waals surface area contributed by atoms with Crippen LogP contribution in [0.2, 0.25) is 0 Å². The van der Waals surface area contributed by atoms with Gasteiger partial charge >= 0.3 is 0 Å². The smallest absolute Gasteiger partial charge is 0.277 e. The molecule has 3 aliphatic rings. The van der Waals surface area contributed by atoms with Crippen LogP contribution in [-0.2, 0) is 24.3 Å². The maximum absolute atomic E-state index is 13.4. The van der Waals surface area contributed by atoms with Gasteiger partial charge in [-0.05, 0) is 43.4 Å². The number of hydrogen-bond acceptors (Lipinski definition) is 5. The first-order chi connectivity index (χ1) is 16.2. The molecule has 3 aromatic rings. The molecule has 0 spiro atoms. The molecule has 1 saturated carbocycles. The number of nitrogens with one attached hydrogen (secondary N) is 1. The highest BCUT2D eigenvalue weighted by Crippen LogP contribution is 2.32. The average molecular weight is 447 g/mol. The van der Waals surface area contributed by atoms with Gasteiger partial charge in [-0.2, -0.15) is 0 Å². The first-order valence-electron chi connectivity index (χ1n) is 12.2. The summed E-state index contributed by atoms with van der Waals surface area (Å²) in [6, 6.07) is 6.06. The lowest BCUT2D eigenvalue weighted by Crippen LogP contribution is -2.44. The van der Waals surface area contributed by atoms with Crippen molar-refractivity contribution in [1.29, 1.82) is 0 Å². The van der Waals surface area contributed by atoms with Crippen molar-refractivity contribution in [3.8, 4) is 0 Å². The molecule has 0 aromatic carbocycles. The third kappa shape index (κ3) is 3.86. The highest BCUT2D eigenvalue weighted by Gasteiger charge is 2.33. The van der Waals surface area contributed by atoms with E-state index in [1.54, 1.807) is 16.9 Å². The number of pyridine rings is 1. The Labute approximate surface area is 192 Å². The zero-order valence-electron chi connectivity index (χ0n) is 18.9. The van der Waals surface area contributed by atoms with Gasteiger partial charge in [0.1, 0.15) is 0 Å². The minimum absolute atomic E-state index is 0.00103. The molecule has 3 aromatic heterocycles. The number of nitrogens with zero attached hydrogens (tertiary/aromatic N) is 5. The maximum Gasteiger partial charge on any atom is 0.277 e. The molecule has 1 N–H and O–H groups in total. The van der Waals surface area contributed by atoms with Crippen LogP contribution in [0.1, 0.15) is 60.5 Å². The summed E-state index contributed by atoms with van der Waals surface area (Å²) in [5.41, 5.74) is 4.61. The standard InChI is InChI=1S/C25H30N6O2/c32-24(18-3-1-4-18)30-11-2-5-19(15-30)22-13-23-27-21-8-12-29(14-17-6-9-26-10-7-17)16-20(21)25(33)31(23)28-22/h6-7,9-10,13,18-19,28H,1-5,8,11-12,14-16H2/t19-/m1/s1. The minimum atomic E-state index is -0.00103. The molecule has 33 heavy (non-hydrogen) atoms. The van der Waals surface area contributed by atoms with Crippen LogP contribution in [0.5, 0.6) is 0 Å². The average Bonchev–Trinajstić information content (AvgIpc) is 3.24. The number of hydrogen-bond donors (Lipinski definition) is 1. The Bertz CT molecular complexity index is 1230. The molecule has 8 heteroatoms. The van der Waals surface area contributed by atoms with E-state index in [0.717, 1.165) is 75.2 Å². The van der Waals surface area contributed by atoms with Crippen molar-refractivity contribution < 1.29 is 4.79 Å². The molecule has 8 nitrogen and oxygen atoms in total. The monoisotopic (exact) mass is 446 g/mol. The molecular weight excluding hydrogens is 416 g/mol. The second-order valence-corrected chi connectivity index (χ2v) is 9.81. The van der Waals surface area contributed by atoms with Gasteiger partial charge in [0, 0.05) is 75.1 Å². The fourth-order valence-electron chi connectivity index (χ4n) is 5.49. The Balaban J connectivity index is 1.23. The van der Waals surface area contributed by atoms with Gasteiger partial charge < -0.3 is 4.90 Å². The van der Waals surface area contributed by atoms with Crippen LogP contribution in [0.3, 0.4) is 0 Å². The van der Waals surface area contributed by atoms with E-state index in [0.29, 0.717) is 18.1 Å². The number of piperidine rings is 1. The number of aromatic nitrogens is 4. The molecule has 6 rings (SSSR count). The van der Waals surface area contributed by atoms with Gasteiger partial charge in [-0.1, -0.05) is 6.42 Å². The number of aromatic amines is 1. The number of rotatable bonds is 4. The summed E-state index contributed by atoms with van der Waals surface area (Å²) >= 11 is 0. The number of fused-ring (bicyclic) bond motifs is 2. The zero-order valence-corrected chi connectivity index (χ0v) is 18.9. The summed E-state index contributed by atoms with van der Waals surface area (Å²) < 4.78 is 1.61. The lowest BCUT2D eigenvalue weighted by Gasteiger charge is -2.37. The summed E-state index contributed by atoms with van der Waals surface area (Å²) in [6.07, 6.45) is 9.66. The van der Waals surface area contributed by atoms with E-state index < -0.39 is 0 Å². The van der Waals surface area contributed by atoms with E-state index in [2.05, 4.69) is 15.0 Å². The van der Waals surface area contributed by atoms with Crippen LogP contribution in [0.4, 0.5) is 0 Å². The Morgan fingerprint density at radius 2 is 1.97 bits per heavy atom. The number of carbonyl (C=O) groups is 1. The maximum atomic E-state index is 13.4. The van der Waals surface area contributed by atoms with Gasteiger partial charge in [-0.15, -0.1) is 0 Å². The molecule has 5 heterocycles. The second kappa shape index (κ2) is 8.41. The van der Waals surface area contributed by atoms with Gasteiger partial charge in [-0.25, -0.2) is 9.50 Å². The molecule has 0 unspecified atom stereocenters. The number of likely N-dealkylation sites (tertiary alicyclic amines) is 1. The highest BCUT2D eigenvalue weighted by molar-refractivity contribution is 5.79. The summed E-state index contributed by atoms with van der Waals surface area (Å²) in [5.74, 6) is 0.781. The van der Waals surface area contributed by atoms with E-state index in [9.17, 15) is 9.59 Å². The minimum Gasteiger partial charge on any atom is -0.342 e. The Hall–Kier alpha value is -3.00. The van der Waals surface area contributed by atoms with Crippen LogP contribution < -0.4 is 5.56 Å². The molecule has 1 atom stereocenters. The molecule has 1 aliphatic carbocycles. The lowest BCUT2D eigenvalue weighted by atomic mass is 9.83. The zero-order chi connectivity index (χ0) is 22.4. The summed E-state index contributed by atoms with van der Waals surface area (Å²) in [6.45, 7) is 3.87. The van der Waals surface area contributed by atoms with Crippen molar-refractivity contribution >= 4 is 11.6 Å². The molecule has 0 bridgehead atoms. The van der Waals surface area contributed by atoms with Crippen LogP contribution >= 0.6 is 0 Å². The molecule has 1 amide bonds. The fourth-order valence-corrected chi connectivity index (χ4v) is 5.49. The summed E-state index contributed by atoms with van der Waals surface area (Å²) in [4.78, 5) is 39.4. The fraction of sp³-hybridized carbons (Fsp3) is 0.520. The van der Waals surface area contributed by atoms with Crippen molar-refractivity contribution in [3.63, 3.8) is 0 Å². The number of carbonyl (C=O) groups excluding carboxylic acids is 1. The molecule has 2 fully saturated rings. The predicted molar refractivity (Wildman–Crippen MR) is 124 cm³/mol. The second-order valence-electron chi connectivity index (χ2n) is 9.81. The predicted octanol–water partition coefficient (Wildman–Crippen LogP) is 2.48. The van der Waals surface area contributed by atoms with Crippen LogP contribution in [0.15, 0.2) is 35.4 Å². The topological polar surface area (TPSA) is 86.6 Å². The van der Waals surface area contributed by atoms with Gasteiger partial charge in [0.2, 0.25) is 5.91 Å². The van der Waals surface area contributed by atoms with Gasteiger partial charge in [0.15, 0.2) is 5.65 Å². The van der Waals surface area contributed by atoms with Crippen LogP contribution in [0.25, 0.3) is 5.65 Å². The van der Waals surface area contributed by atoms with E-state index in [1.807, 2.05) is 23.1 Å². The van der Waals surface area contributed by atoms with E-state index in [-0.39, 0.29) is 17.4 Å². The normalized spacial score (nSPS) is 21.7. The number of H-pyrrole nitrogens is 1. The summed E-state index contributed by atoms with van der Waals surface area (Å²) in [7, 11) is 0. The molecule has 0 radical (unpaired) electrons. The first-order valence-corrected chi connectivity index (χ1v) is 12.2. The largest absolute Gasteiger partial charge is 0.342 e. The Morgan fingerprint density at radius 3 is 2.76 bits per heavy atom. The first kappa shape index (κ1) is 20.6. The van der Waals surface area contributed by atoms with E-state index in [4.69, 9.17) is 4.98 Å². The highest BCUT2D eigenvalue weighted by atomic mass is 16.2. The molecule has 2 aliphatic heterocycles. The third-order valence-electron chi connectivity index (χ3n) is 7.64. The van der Waals surface area contributed by atoms with Crippen LogP contribution in [-0.4, -0.2) is 54.9 Å². The Morgan fingerprint density at radius 1 is 1.12 bits per heavy atom. The molecule has 1 saturated heterocycles. The van der Waals surface area contributed by atoms with Crippen molar-refractivity contribution in [2.24, 2.45) is 5.92 Å². The lowest BCUT2D eigenvalue weighted by molar-refractivity contribution is -0.139.